The number of aromatic nitrogens is 1. The molecule has 0 aliphatic carbocycles. The molecule has 8 heteroatoms. The summed E-state index contributed by atoms with van der Waals surface area (Å²) < 4.78 is 0. The number of anilines is 1. The molecule has 0 spiro atoms. The Balaban J connectivity index is 0.00000364. The van der Waals surface area contributed by atoms with Crippen LogP contribution in [0.15, 0.2) is 35.5 Å². The average Bonchev–Trinajstić information content (AvgIpc) is 3.04. The minimum atomic E-state index is 0. The fourth-order valence-corrected chi connectivity index (χ4v) is 3.03. The van der Waals surface area contributed by atoms with Crippen LogP contribution < -0.4 is 16.0 Å². The van der Waals surface area contributed by atoms with Gasteiger partial charge in [-0.3, -0.25) is 4.79 Å². The smallest absolute Gasteiger partial charge is 0.224 e. The maximum atomic E-state index is 11.6. The third kappa shape index (κ3) is 8.70. The van der Waals surface area contributed by atoms with Crippen LogP contribution in [0.25, 0.3) is 0 Å². The quantitative estimate of drug-likeness (QED) is 0.290. The number of halogens is 1. The molecule has 0 atom stereocenters. The van der Waals surface area contributed by atoms with E-state index in [2.05, 4.69) is 32.9 Å². The highest BCUT2D eigenvalue weighted by Gasteiger charge is 2.03. The minimum Gasteiger partial charge on any atom is -0.357 e. The van der Waals surface area contributed by atoms with Crippen molar-refractivity contribution >= 4 is 52.9 Å². The number of hydrogen-bond donors (Lipinski definition) is 3. The Bertz CT molecular complexity index is 730. The first-order chi connectivity index (χ1) is 12.6. The van der Waals surface area contributed by atoms with Gasteiger partial charge >= 0.3 is 0 Å². The fraction of sp³-hybridized carbons (Fsp3) is 0.421. The van der Waals surface area contributed by atoms with Gasteiger partial charge in [0.05, 0.1) is 13.1 Å². The summed E-state index contributed by atoms with van der Waals surface area (Å²) in [4.78, 5) is 21.8. The van der Waals surface area contributed by atoms with Crippen molar-refractivity contribution in [1.29, 1.82) is 0 Å². The van der Waals surface area contributed by atoms with Crippen LogP contribution in [0.3, 0.4) is 0 Å². The van der Waals surface area contributed by atoms with E-state index in [0.717, 1.165) is 35.2 Å². The molecule has 2 rings (SSSR count). The molecule has 0 unspecified atom stereocenters. The van der Waals surface area contributed by atoms with Gasteiger partial charge in [0, 0.05) is 29.7 Å². The summed E-state index contributed by atoms with van der Waals surface area (Å²) in [5.41, 5.74) is 1.90. The van der Waals surface area contributed by atoms with E-state index in [0.29, 0.717) is 19.5 Å². The molecule has 6 nitrogen and oxygen atoms in total. The molecule has 0 bridgehead atoms. The van der Waals surface area contributed by atoms with E-state index in [4.69, 9.17) is 0 Å². The van der Waals surface area contributed by atoms with E-state index in [1.165, 1.54) is 4.88 Å². The van der Waals surface area contributed by atoms with E-state index in [-0.39, 0.29) is 29.9 Å². The summed E-state index contributed by atoms with van der Waals surface area (Å²) in [6.07, 6.45) is 3.27. The summed E-state index contributed by atoms with van der Waals surface area (Å²) >= 11 is 1.68. The largest absolute Gasteiger partial charge is 0.357 e. The SMILES string of the molecule is CCCC(=O)Nc1ccc(CN=C(NCC)NCc2ncc(C)s2)cc1.I. The first-order valence-electron chi connectivity index (χ1n) is 8.93. The molecule has 3 N–H and O–H groups in total. The first-order valence-corrected chi connectivity index (χ1v) is 9.74. The number of benzene rings is 1. The molecular formula is C19H28IN5OS. The molecule has 1 amide bonds. The number of amides is 1. The number of carbonyl (C=O) groups excluding carboxylic acids is 1. The van der Waals surface area contributed by atoms with Crippen LogP contribution in [0.2, 0.25) is 0 Å². The monoisotopic (exact) mass is 501 g/mol. The van der Waals surface area contributed by atoms with Gasteiger partial charge in [-0.05, 0) is 38.0 Å². The second-order valence-corrected chi connectivity index (χ2v) is 7.23. The van der Waals surface area contributed by atoms with Gasteiger partial charge in [-0.1, -0.05) is 19.1 Å². The second-order valence-electron chi connectivity index (χ2n) is 5.91. The highest BCUT2D eigenvalue weighted by Crippen LogP contribution is 2.12. The average molecular weight is 501 g/mol. The predicted molar refractivity (Wildman–Crippen MR) is 124 cm³/mol. The van der Waals surface area contributed by atoms with Crippen molar-refractivity contribution in [2.75, 3.05) is 11.9 Å². The number of nitrogens with zero attached hydrogens (tertiary/aromatic N) is 2. The normalized spacial score (nSPS) is 10.9. The van der Waals surface area contributed by atoms with E-state index < -0.39 is 0 Å². The number of rotatable bonds is 8. The van der Waals surface area contributed by atoms with Gasteiger partial charge in [-0.2, -0.15) is 0 Å². The maximum Gasteiger partial charge on any atom is 0.224 e. The Morgan fingerprint density at radius 3 is 2.52 bits per heavy atom. The van der Waals surface area contributed by atoms with Crippen molar-refractivity contribution in [2.24, 2.45) is 4.99 Å². The predicted octanol–water partition coefficient (Wildman–Crippen LogP) is 4.06. The highest BCUT2D eigenvalue weighted by molar-refractivity contribution is 14.0. The highest BCUT2D eigenvalue weighted by atomic mass is 127. The second kappa shape index (κ2) is 12.7. The van der Waals surface area contributed by atoms with Gasteiger partial charge in [0.15, 0.2) is 5.96 Å². The van der Waals surface area contributed by atoms with Gasteiger partial charge in [0.25, 0.3) is 0 Å². The van der Waals surface area contributed by atoms with Crippen molar-refractivity contribution in [2.45, 2.75) is 46.7 Å². The molecule has 27 heavy (non-hydrogen) atoms. The Morgan fingerprint density at radius 1 is 1.19 bits per heavy atom. The molecule has 0 aliphatic rings. The zero-order chi connectivity index (χ0) is 18.8. The van der Waals surface area contributed by atoms with Crippen molar-refractivity contribution in [1.82, 2.24) is 15.6 Å². The third-order valence-corrected chi connectivity index (χ3v) is 4.47. The number of carbonyl (C=O) groups is 1. The summed E-state index contributed by atoms with van der Waals surface area (Å²) in [7, 11) is 0. The van der Waals surface area contributed by atoms with E-state index >= 15 is 0 Å². The lowest BCUT2D eigenvalue weighted by atomic mass is 10.2. The van der Waals surface area contributed by atoms with Crippen molar-refractivity contribution in [3.63, 3.8) is 0 Å². The van der Waals surface area contributed by atoms with Gasteiger partial charge in [-0.15, -0.1) is 35.3 Å². The number of aliphatic imine (C=N–C) groups is 1. The van der Waals surface area contributed by atoms with Crippen LogP contribution in [0.1, 0.15) is 42.1 Å². The summed E-state index contributed by atoms with van der Waals surface area (Å²) in [5, 5.41) is 10.5. The van der Waals surface area contributed by atoms with Crippen molar-refractivity contribution < 1.29 is 4.79 Å². The number of guanidine groups is 1. The van der Waals surface area contributed by atoms with Crippen LogP contribution in [0.5, 0.6) is 0 Å². The minimum absolute atomic E-state index is 0. The molecule has 0 saturated carbocycles. The van der Waals surface area contributed by atoms with Gasteiger partial charge in [0.1, 0.15) is 5.01 Å². The van der Waals surface area contributed by atoms with Gasteiger partial charge < -0.3 is 16.0 Å². The third-order valence-electron chi connectivity index (χ3n) is 3.55. The molecule has 1 heterocycles. The van der Waals surface area contributed by atoms with Crippen LogP contribution in [0, 0.1) is 6.92 Å². The Kier molecular flexibility index (Phi) is 11.0. The maximum absolute atomic E-state index is 11.6. The van der Waals surface area contributed by atoms with Crippen molar-refractivity contribution in [3.05, 3.63) is 45.9 Å². The number of aryl methyl sites for hydroxylation is 1. The van der Waals surface area contributed by atoms with Crippen LogP contribution in [0.4, 0.5) is 5.69 Å². The Labute approximate surface area is 182 Å². The van der Waals surface area contributed by atoms with Gasteiger partial charge in [0.2, 0.25) is 5.91 Å². The molecule has 0 aliphatic heterocycles. The lowest BCUT2D eigenvalue weighted by molar-refractivity contribution is -0.116. The molecule has 1 aromatic heterocycles. The lowest BCUT2D eigenvalue weighted by Gasteiger charge is -2.10. The van der Waals surface area contributed by atoms with Gasteiger partial charge in [-0.25, -0.2) is 9.98 Å². The standard InChI is InChI=1S/C19H27N5OS.HI/c1-4-6-17(25)24-16-9-7-15(8-10-16)12-22-19(20-5-2)23-13-18-21-11-14(3)26-18;/h7-11H,4-6,12-13H2,1-3H3,(H,24,25)(H2,20,22,23);1H. The number of hydrogen-bond acceptors (Lipinski definition) is 4. The number of thiazole rings is 1. The molecule has 2 aromatic rings. The summed E-state index contributed by atoms with van der Waals surface area (Å²) in [6.45, 7) is 8.10. The lowest BCUT2D eigenvalue weighted by Crippen LogP contribution is -2.36. The van der Waals surface area contributed by atoms with Crippen LogP contribution in [-0.2, 0) is 17.9 Å². The Hall–Kier alpha value is -1.68. The zero-order valence-electron chi connectivity index (χ0n) is 16.0. The fourth-order valence-electron chi connectivity index (χ4n) is 2.30. The number of nitrogens with one attached hydrogen (secondary N) is 3. The Morgan fingerprint density at radius 2 is 1.93 bits per heavy atom. The molecule has 1 aromatic carbocycles. The van der Waals surface area contributed by atoms with Crippen molar-refractivity contribution in [3.8, 4) is 0 Å². The van der Waals surface area contributed by atoms with E-state index in [1.807, 2.05) is 44.3 Å². The van der Waals surface area contributed by atoms with E-state index in [1.54, 1.807) is 11.3 Å². The topological polar surface area (TPSA) is 78.4 Å². The molecule has 0 saturated heterocycles. The van der Waals surface area contributed by atoms with Crippen LogP contribution in [-0.4, -0.2) is 23.4 Å². The van der Waals surface area contributed by atoms with E-state index in [9.17, 15) is 4.79 Å². The summed E-state index contributed by atoms with van der Waals surface area (Å²) in [6, 6.07) is 7.80. The molecule has 148 valence electrons. The molecule has 0 radical (unpaired) electrons. The summed E-state index contributed by atoms with van der Waals surface area (Å²) in [5.74, 6) is 0.815. The van der Waals surface area contributed by atoms with Crippen LogP contribution >= 0.6 is 35.3 Å². The molecular weight excluding hydrogens is 473 g/mol. The first kappa shape index (κ1) is 23.4. The zero-order valence-corrected chi connectivity index (χ0v) is 19.2. The molecule has 0 fully saturated rings.